The molecule has 8 atom stereocenters. The van der Waals surface area contributed by atoms with Crippen molar-refractivity contribution in [2.75, 3.05) is 32.9 Å². The third-order valence-corrected chi connectivity index (χ3v) is 13.5. The van der Waals surface area contributed by atoms with E-state index >= 15 is 0 Å². The fourth-order valence-corrected chi connectivity index (χ4v) is 8.40. The Kier molecular flexibility index (Phi) is 31.5. The number of hydrogen-bond donors (Lipinski definition) is 6. The van der Waals surface area contributed by atoms with Gasteiger partial charge >= 0.3 is 24.2 Å². The van der Waals surface area contributed by atoms with Gasteiger partial charge in [-0.25, -0.2) is 0 Å². The molecule has 0 radical (unpaired) electrons. The SMILES string of the molecule is CC(C)(C)C(=O)OCc1ccc(CCCCCC(=O)CCCCCN2C(=O)C=CC2=O)cc1O[C@H]1OC[C@H](O)[C@@H](O)[C@@H]1O.CC(C)(C)C(=O)OCc1ccc(OCCCCC(=O)CN2C(=O)C=CC2=O)cc1O[C@@H]1OC[C@@H](O)[C@H](O)[C@H]1O.O=C=O.O=C=O. The summed E-state index contributed by atoms with van der Waals surface area (Å²) >= 11 is 0. The van der Waals surface area contributed by atoms with Crippen molar-refractivity contribution in [3.05, 3.63) is 77.4 Å². The summed E-state index contributed by atoms with van der Waals surface area (Å²) in [6.07, 6.45) is 2.00. The summed E-state index contributed by atoms with van der Waals surface area (Å²) < 4.78 is 39.1. The molecule has 27 nitrogen and oxygen atoms in total. The lowest BCUT2D eigenvalue weighted by Gasteiger charge is -2.35. The van der Waals surface area contributed by atoms with Gasteiger partial charge in [-0.3, -0.25) is 48.2 Å². The van der Waals surface area contributed by atoms with Crippen LogP contribution in [-0.4, -0.2) is 182 Å². The Morgan fingerprint density at radius 1 is 0.534 bits per heavy atom. The monoisotopic (exact) mass is 1240 g/mol. The van der Waals surface area contributed by atoms with Crippen LogP contribution in [0.5, 0.6) is 17.2 Å². The number of esters is 2. The predicted molar refractivity (Wildman–Crippen MR) is 300 cm³/mol. The van der Waals surface area contributed by atoms with E-state index in [0.717, 1.165) is 54.7 Å². The fourth-order valence-electron chi connectivity index (χ4n) is 8.40. The van der Waals surface area contributed by atoms with E-state index in [2.05, 4.69) is 0 Å². The van der Waals surface area contributed by atoms with Crippen molar-refractivity contribution in [1.29, 1.82) is 0 Å². The lowest BCUT2D eigenvalue weighted by Crippen LogP contribution is -2.54. The normalized spacial score (nSPS) is 21.3. The maximum atomic E-state index is 12.3. The van der Waals surface area contributed by atoms with Gasteiger partial charge in [0, 0.05) is 67.3 Å². The van der Waals surface area contributed by atoms with Crippen LogP contribution in [0.2, 0.25) is 0 Å². The number of unbranched alkanes of at least 4 members (excludes halogenated alkanes) is 5. The van der Waals surface area contributed by atoms with E-state index in [4.69, 9.17) is 52.3 Å². The molecule has 6 N–H and O–H groups in total. The highest BCUT2D eigenvalue weighted by atomic mass is 16.7. The van der Waals surface area contributed by atoms with Crippen LogP contribution in [0.1, 0.15) is 129 Å². The second kappa shape index (κ2) is 37.2. The highest BCUT2D eigenvalue weighted by Crippen LogP contribution is 2.32. The molecule has 2 fully saturated rings. The minimum absolute atomic E-state index is 0.0481. The molecule has 2 aromatic rings. The van der Waals surface area contributed by atoms with Crippen molar-refractivity contribution in [3.8, 4) is 17.2 Å². The largest absolute Gasteiger partial charge is 0.493 e. The molecule has 4 aliphatic heterocycles. The number of carbonyl (C=O) groups excluding carboxylic acids is 12. The van der Waals surface area contributed by atoms with E-state index in [1.54, 1.807) is 65.8 Å². The van der Waals surface area contributed by atoms with E-state index < -0.39 is 77.8 Å². The van der Waals surface area contributed by atoms with Crippen molar-refractivity contribution >= 4 is 59.4 Å². The molecule has 0 unspecified atom stereocenters. The van der Waals surface area contributed by atoms with Crippen LogP contribution >= 0.6 is 0 Å². The first-order valence-corrected chi connectivity index (χ1v) is 28.5. The zero-order valence-corrected chi connectivity index (χ0v) is 50.2. The number of Topliss-reactive ketones (excluding diaryl/α,β-unsaturated/α-hetero) is 2. The Hall–Kier alpha value is -7.68. The summed E-state index contributed by atoms with van der Waals surface area (Å²) in [5.74, 6) is -1.45. The van der Waals surface area contributed by atoms with Gasteiger partial charge in [-0.05, 0) is 110 Å². The number of aliphatic hydroxyl groups excluding tert-OH is 6. The molecular weight excluding hydrogens is 1160 g/mol. The molecular formula is C61H80N2O25. The van der Waals surface area contributed by atoms with E-state index in [1.165, 1.54) is 23.1 Å². The number of carbonyl (C=O) groups is 8. The van der Waals surface area contributed by atoms with Gasteiger partial charge in [-0.15, -0.1) is 0 Å². The van der Waals surface area contributed by atoms with Gasteiger partial charge in [0.25, 0.3) is 23.6 Å². The lowest BCUT2D eigenvalue weighted by molar-refractivity contribution is -0.242. The standard InChI is InChI=1S/C32H45NO10.C27H35NO11.2CO2/c1-32(2,3)31(40)42-19-22-14-13-21(18-25(22)43-30-29(39)28(38)24(35)20-41-30)10-6-4-7-11-23(34)12-8-5-9-17-33-26(36)15-16-27(33)37;1-27(2,3)26(35)38-14-16-7-8-18(12-20(16)39-25-24(34)23(33)19(30)15-37-25)36-11-5-4-6-17(29)13-28-21(31)9-10-22(28)32;2*2-1-3/h13-16,18,24,28-30,35,38-39H,4-12,17,19-20H2,1-3H3;7-10,12,19,23-25,30,33-34H,4-6,11,13-15H2,1-3H3;;/t24-,28+,29-,30+;19-,23+,24-,25+;;/m01../s1. The van der Waals surface area contributed by atoms with Crippen molar-refractivity contribution in [2.45, 2.75) is 181 Å². The van der Waals surface area contributed by atoms with Gasteiger partial charge in [0.15, 0.2) is 5.78 Å². The van der Waals surface area contributed by atoms with E-state index in [1.807, 2.05) is 6.07 Å². The summed E-state index contributed by atoms with van der Waals surface area (Å²) in [6.45, 7) is 10.2. The van der Waals surface area contributed by atoms with Gasteiger partial charge in [0.05, 0.1) is 37.2 Å². The molecule has 2 aromatic carbocycles. The minimum atomic E-state index is -1.53. The summed E-state index contributed by atoms with van der Waals surface area (Å²) in [6, 6.07) is 10.3. The molecule has 2 saturated heterocycles. The van der Waals surface area contributed by atoms with Crippen LogP contribution in [0, 0.1) is 10.8 Å². The highest BCUT2D eigenvalue weighted by Gasteiger charge is 2.41. The molecule has 88 heavy (non-hydrogen) atoms. The Labute approximate surface area is 508 Å². The topological polar surface area (TPSA) is 397 Å². The molecule has 0 bridgehead atoms. The number of amides is 4. The number of hydrogen-bond acceptors (Lipinski definition) is 25. The fraction of sp³-hybridized carbons (Fsp3) is 0.574. The van der Waals surface area contributed by atoms with Crippen molar-refractivity contribution in [1.82, 2.24) is 9.80 Å². The van der Waals surface area contributed by atoms with Crippen LogP contribution in [-0.2, 0) is 96.1 Å². The second-order valence-electron chi connectivity index (χ2n) is 22.8. The molecule has 0 aliphatic carbocycles. The molecule has 27 heteroatoms. The average Bonchev–Trinajstić information content (AvgIpc) is 3.90. The maximum Gasteiger partial charge on any atom is 0.373 e. The van der Waals surface area contributed by atoms with Crippen LogP contribution in [0.4, 0.5) is 0 Å². The summed E-state index contributed by atoms with van der Waals surface area (Å²) in [4.78, 5) is 130. The highest BCUT2D eigenvalue weighted by molar-refractivity contribution is 6.14. The molecule has 0 spiro atoms. The van der Waals surface area contributed by atoms with Crippen molar-refractivity contribution < 1.29 is 121 Å². The lowest BCUT2D eigenvalue weighted by atomic mass is 9.97. The second-order valence-corrected chi connectivity index (χ2v) is 22.8. The number of aryl methyl sites for hydroxylation is 1. The van der Waals surface area contributed by atoms with E-state index in [0.29, 0.717) is 67.7 Å². The summed E-state index contributed by atoms with van der Waals surface area (Å²) in [7, 11) is 0. The third-order valence-electron chi connectivity index (χ3n) is 13.5. The van der Waals surface area contributed by atoms with Gasteiger partial charge in [0.1, 0.15) is 72.9 Å². The zero-order valence-electron chi connectivity index (χ0n) is 50.2. The van der Waals surface area contributed by atoms with Gasteiger partial charge in [0.2, 0.25) is 12.6 Å². The van der Waals surface area contributed by atoms with Crippen LogP contribution < -0.4 is 14.2 Å². The van der Waals surface area contributed by atoms with E-state index in [9.17, 15) is 69.0 Å². The smallest absolute Gasteiger partial charge is 0.373 e. The number of imide groups is 2. The van der Waals surface area contributed by atoms with Crippen molar-refractivity contribution in [3.63, 3.8) is 0 Å². The number of rotatable bonds is 28. The first-order chi connectivity index (χ1) is 41.6. The number of ether oxygens (including phenoxy) is 7. The Balaban J connectivity index is 0.000000424. The van der Waals surface area contributed by atoms with Crippen LogP contribution in [0.3, 0.4) is 0 Å². The molecule has 4 aliphatic rings. The molecule has 4 amide bonds. The predicted octanol–water partition coefficient (Wildman–Crippen LogP) is 2.22. The summed E-state index contributed by atoms with van der Waals surface area (Å²) in [5, 5.41) is 60.1. The van der Waals surface area contributed by atoms with Gasteiger partial charge in [-0.2, -0.15) is 19.2 Å². The van der Waals surface area contributed by atoms with Gasteiger partial charge < -0.3 is 63.8 Å². The number of benzene rings is 2. The first kappa shape index (κ1) is 74.6. The Morgan fingerprint density at radius 2 is 0.955 bits per heavy atom. The molecule has 0 saturated carbocycles. The number of aliphatic hydroxyl groups is 6. The Bertz CT molecular complexity index is 2760. The van der Waals surface area contributed by atoms with Crippen LogP contribution in [0.25, 0.3) is 0 Å². The van der Waals surface area contributed by atoms with Gasteiger partial charge in [-0.1, -0.05) is 25.0 Å². The summed E-state index contributed by atoms with van der Waals surface area (Å²) in [5.41, 5.74) is 0.578. The quantitative estimate of drug-likeness (QED) is 0.0404. The van der Waals surface area contributed by atoms with E-state index in [-0.39, 0.29) is 93.4 Å². The minimum Gasteiger partial charge on any atom is -0.493 e. The molecule has 484 valence electrons. The first-order valence-electron chi connectivity index (χ1n) is 28.5. The molecule has 0 aromatic heterocycles. The number of nitrogens with zero attached hydrogens (tertiary/aromatic N) is 2. The number of ketones is 2. The third kappa shape index (κ3) is 25.2. The Morgan fingerprint density at radius 3 is 1.43 bits per heavy atom. The average molecular weight is 1240 g/mol. The molecule has 4 heterocycles. The maximum absolute atomic E-state index is 12.3. The molecule has 6 rings (SSSR count). The zero-order chi connectivity index (χ0) is 65.7. The van der Waals surface area contributed by atoms with Crippen LogP contribution in [0.15, 0.2) is 60.7 Å². The van der Waals surface area contributed by atoms with Crippen molar-refractivity contribution in [2.24, 2.45) is 10.8 Å².